The molecule has 132 valence electrons. The summed E-state index contributed by atoms with van der Waals surface area (Å²) in [6, 6.07) is 24.2. The van der Waals surface area contributed by atoms with Crippen LogP contribution in [0.25, 0.3) is 0 Å². The number of rotatable bonds is 5. The molecule has 2 N–H and O–H groups in total. The number of phenols is 1. The zero-order valence-electron chi connectivity index (χ0n) is 15.0. The van der Waals surface area contributed by atoms with Crippen LogP contribution in [0.3, 0.4) is 0 Å². The summed E-state index contributed by atoms with van der Waals surface area (Å²) in [6.45, 7) is 3.73. The van der Waals surface area contributed by atoms with Crippen LogP contribution in [0.1, 0.15) is 29.2 Å². The molecule has 0 heterocycles. The van der Waals surface area contributed by atoms with Gasteiger partial charge in [0.25, 0.3) is 0 Å². The highest BCUT2D eigenvalue weighted by Gasteiger charge is 2.37. The summed E-state index contributed by atoms with van der Waals surface area (Å²) in [6.07, 6.45) is 1.63. The van der Waals surface area contributed by atoms with E-state index < -0.39 is 11.6 Å². The fraction of sp³-hybridized carbons (Fsp3) is 0.174. The Bertz CT molecular complexity index is 849. The van der Waals surface area contributed by atoms with Crippen LogP contribution in [0, 0.1) is 6.92 Å². The summed E-state index contributed by atoms with van der Waals surface area (Å²) in [5.41, 5.74) is 1.73. The Balaban J connectivity index is 2.02. The molecule has 3 aromatic carbocycles. The molecule has 0 aliphatic rings. The fourth-order valence-corrected chi connectivity index (χ4v) is 3.12. The Labute approximate surface area is 154 Å². The average Bonchev–Trinajstić information content (AvgIpc) is 2.69. The van der Waals surface area contributed by atoms with Crippen molar-refractivity contribution in [1.82, 2.24) is 0 Å². The number of phenolic OH excluding ortho intramolecular Hbond substituents is 1. The lowest BCUT2D eigenvalue weighted by molar-refractivity contribution is 0.0589. The molecular weight excluding hydrogens is 322 g/mol. The molecule has 1 atom stereocenters. The third kappa shape index (κ3) is 3.39. The molecule has 26 heavy (non-hydrogen) atoms. The van der Waals surface area contributed by atoms with Gasteiger partial charge in [0.2, 0.25) is 0 Å². The Morgan fingerprint density at radius 2 is 1.38 bits per heavy atom. The molecule has 0 fully saturated rings. The first-order valence-electron chi connectivity index (χ1n) is 8.68. The third-order valence-electron chi connectivity index (χ3n) is 4.74. The molecule has 1 unspecified atom stereocenters. The lowest BCUT2D eigenvalue weighted by Crippen LogP contribution is -2.38. The second kappa shape index (κ2) is 7.54. The quantitative estimate of drug-likeness (QED) is 0.672. The number of hydrogen-bond donors (Lipinski definition) is 2. The van der Waals surface area contributed by atoms with Crippen LogP contribution in [0.5, 0.6) is 5.75 Å². The summed E-state index contributed by atoms with van der Waals surface area (Å²) in [5.74, 6) is 0.214. The van der Waals surface area contributed by atoms with E-state index in [1.165, 1.54) is 0 Å². The number of nitrogens with zero attached hydrogens (tertiary/aromatic N) is 1. The van der Waals surface area contributed by atoms with Crippen molar-refractivity contribution >= 4 is 6.21 Å². The number of para-hydroxylation sites is 1. The van der Waals surface area contributed by atoms with Crippen LogP contribution >= 0.6 is 0 Å². The Kier molecular flexibility index (Phi) is 5.19. The molecule has 0 radical (unpaired) electrons. The van der Waals surface area contributed by atoms with Gasteiger partial charge in [0.05, 0.1) is 6.04 Å². The second-order valence-corrected chi connectivity index (χ2v) is 6.47. The van der Waals surface area contributed by atoms with Gasteiger partial charge in [-0.15, -0.1) is 0 Å². The van der Waals surface area contributed by atoms with Gasteiger partial charge in [-0.05, 0) is 36.6 Å². The molecule has 0 aliphatic carbocycles. The summed E-state index contributed by atoms with van der Waals surface area (Å²) >= 11 is 0. The van der Waals surface area contributed by atoms with Crippen LogP contribution in [-0.2, 0) is 5.60 Å². The standard InChI is InChI=1S/C23H23NO2/c1-17-10-9-11-19(22(17)25)16-24-18(2)23(26,20-12-5-3-6-13-20)21-14-7-4-8-15-21/h3-16,18,25-26H,1-2H3. The highest BCUT2D eigenvalue weighted by molar-refractivity contribution is 5.84. The van der Waals surface area contributed by atoms with Gasteiger partial charge >= 0.3 is 0 Å². The molecular formula is C23H23NO2. The fourth-order valence-electron chi connectivity index (χ4n) is 3.12. The zero-order valence-corrected chi connectivity index (χ0v) is 15.0. The highest BCUT2D eigenvalue weighted by atomic mass is 16.3. The van der Waals surface area contributed by atoms with E-state index in [4.69, 9.17) is 0 Å². The van der Waals surface area contributed by atoms with E-state index in [1.807, 2.05) is 92.7 Å². The number of aromatic hydroxyl groups is 1. The van der Waals surface area contributed by atoms with E-state index in [9.17, 15) is 10.2 Å². The van der Waals surface area contributed by atoms with Gasteiger partial charge in [-0.25, -0.2) is 0 Å². The van der Waals surface area contributed by atoms with Crippen LogP contribution in [0.4, 0.5) is 0 Å². The first-order chi connectivity index (χ1) is 12.5. The van der Waals surface area contributed by atoms with Crippen molar-refractivity contribution in [3.63, 3.8) is 0 Å². The first-order valence-corrected chi connectivity index (χ1v) is 8.68. The molecule has 3 nitrogen and oxygen atoms in total. The Morgan fingerprint density at radius 1 is 0.846 bits per heavy atom. The van der Waals surface area contributed by atoms with Gasteiger partial charge in [0, 0.05) is 11.8 Å². The Hall–Kier alpha value is -2.91. The van der Waals surface area contributed by atoms with Gasteiger partial charge in [-0.2, -0.15) is 0 Å². The number of hydrogen-bond acceptors (Lipinski definition) is 3. The summed E-state index contributed by atoms with van der Waals surface area (Å²) < 4.78 is 0. The van der Waals surface area contributed by atoms with Crippen molar-refractivity contribution in [3.05, 3.63) is 101 Å². The number of aliphatic hydroxyl groups is 1. The smallest absolute Gasteiger partial charge is 0.137 e. The van der Waals surface area contributed by atoms with E-state index >= 15 is 0 Å². The second-order valence-electron chi connectivity index (χ2n) is 6.47. The molecule has 0 saturated carbocycles. The lowest BCUT2D eigenvalue weighted by Gasteiger charge is -2.33. The monoisotopic (exact) mass is 345 g/mol. The Morgan fingerprint density at radius 3 is 1.92 bits per heavy atom. The van der Waals surface area contributed by atoms with Crippen LogP contribution in [0.2, 0.25) is 0 Å². The molecule has 3 rings (SSSR count). The predicted molar refractivity (Wildman–Crippen MR) is 106 cm³/mol. The summed E-state index contributed by atoms with van der Waals surface area (Å²) in [7, 11) is 0. The number of benzene rings is 3. The van der Waals surface area contributed by atoms with E-state index in [1.54, 1.807) is 6.21 Å². The van der Waals surface area contributed by atoms with Crippen LogP contribution in [-0.4, -0.2) is 22.5 Å². The normalized spacial score (nSPS) is 13.0. The van der Waals surface area contributed by atoms with E-state index in [-0.39, 0.29) is 5.75 Å². The van der Waals surface area contributed by atoms with Gasteiger partial charge in [0.15, 0.2) is 0 Å². The van der Waals surface area contributed by atoms with Gasteiger partial charge < -0.3 is 10.2 Å². The van der Waals surface area contributed by atoms with Gasteiger partial charge in [0.1, 0.15) is 11.4 Å². The zero-order chi connectivity index (χ0) is 18.6. The molecule has 0 spiro atoms. The van der Waals surface area contributed by atoms with Crippen molar-refractivity contribution in [1.29, 1.82) is 0 Å². The van der Waals surface area contributed by atoms with E-state index in [2.05, 4.69) is 4.99 Å². The minimum atomic E-state index is -1.27. The SMILES string of the molecule is Cc1cccc(C=NC(C)C(O)(c2ccccc2)c2ccccc2)c1O. The van der Waals surface area contributed by atoms with Crippen molar-refractivity contribution in [2.24, 2.45) is 4.99 Å². The molecule has 3 aromatic rings. The third-order valence-corrected chi connectivity index (χ3v) is 4.74. The van der Waals surface area contributed by atoms with Crippen LogP contribution < -0.4 is 0 Å². The minimum Gasteiger partial charge on any atom is -0.507 e. The van der Waals surface area contributed by atoms with Crippen molar-refractivity contribution < 1.29 is 10.2 Å². The largest absolute Gasteiger partial charge is 0.507 e. The highest BCUT2D eigenvalue weighted by Crippen LogP contribution is 2.34. The van der Waals surface area contributed by atoms with Gasteiger partial charge in [-0.3, -0.25) is 4.99 Å². The first kappa shape index (κ1) is 17.9. The molecule has 3 heteroatoms. The number of aryl methyl sites for hydroxylation is 1. The lowest BCUT2D eigenvalue weighted by atomic mass is 9.81. The van der Waals surface area contributed by atoms with E-state index in [0.29, 0.717) is 5.56 Å². The predicted octanol–water partition coefficient (Wildman–Crippen LogP) is 4.44. The van der Waals surface area contributed by atoms with Crippen molar-refractivity contribution in [2.45, 2.75) is 25.5 Å². The van der Waals surface area contributed by atoms with Crippen molar-refractivity contribution in [2.75, 3.05) is 0 Å². The molecule has 0 aromatic heterocycles. The van der Waals surface area contributed by atoms with Crippen LogP contribution in [0.15, 0.2) is 83.9 Å². The molecule has 0 saturated heterocycles. The topological polar surface area (TPSA) is 52.8 Å². The van der Waals surface area contributed by atoms with Crippen molar-refractivity contribution in [3.8, 4) is 5.75 Å². The molecule has 0 aliphatic heterocycles. The number of aliphatic imine (C=N–C) groups is 1. The summed E-state index contributed by atoms with van der Waals surface area (Å²) in [4.78, 5) is 4.59. The minimum absolute atomic E-state index is 0.214. The summed E-state index contributed by atoms with van der Waals surface area (Å²) in [5, 5.41) is 21.8. The van der Waals surface area contributed by atoms with Gasteiger partial charge in [-0.1, -0.05) is 72.8 Å². The maximum Gasteiger partial charge on any atom is 0.137 e. The average molecular weight is 345 g/mol. The maximum absolute atomic E-state index is 11.6. The van der Waals surface area contributed by atoms with E-state index in [0.717, 1.165) is 16.7 Å². The maximum atomic E-state index is 11.6. The molecule has 0 amide bonds. The molecule has 0 bridgehead atoms.